The average Bonchev–Trinajstić information content (AvgIpc) is 2.48. The first-order chi connectivity index (χ1) is 9.24. The lowest BCUT2D eigenvalue weighted by molar-refractivity contribution is 0.467. The summed E-state index contributed by atoms with van der Waals surface area (Å²) in [5.74, 6) is 1.62. The standard InChI is InChI=1S/C15H18N2OS/c1-11(16-2)13-9-8-12(10-17-13)18-14-6-4-5-7-15(14)19-3/h4-11,16H,1-3H3. The van der Waals surface area contributed by atoms with Gasteiger partial charge in [-0.1, -0.05) is 12.1 Å². The van der Waals surface area contributed by atoms with Crippen molar-refractivity contribution in [2.24, 2.45) is 0 Å². The maximum Gasteiger partial charge on any atom is 0.145 e. The molecule has 0 fully saturated rings. The quantitative estimate of drug-likeness (QED) is 0.839. The Bertz CT molecular complexity index is 528. The molecule has 0 amide bonds. The number of pyridine rings is 1. The van der Waals surface area contributed by atoms with Crippen LogP contribution in [0.1, 0.15) is 18.7 Å². The maximum absolute atomic E-state index is 5.87. The summed E-state index contributed by atoms with van der Waals surface area (Å²) in [7, 11) is 1.92. The lowest BCUT2D eigenvalue weighted by Gasteiger charge is -2.12. The van der Waals surface area contributed by atoms with Crippen LogP contribution in [0.2, 0.25) is 0 Å². The Balaban J connectivity index is 2.15. The van der Waals surface area contributed by atoms with Crippen LogP contribution in [0.3, 0.4) is 0 Å². The molecule has 0 saturated heterocycles. The van der Waals surface area contributed by atoms with Gasteiger partial charge in [-0.25, -0.2) is 0 Å². The molecule has 1 heterocycles. The van der Waals surface area contributed by atoms with Gasteiger partial charge in [-0.3, -0.25) is 4.98 Å². The smallest absolute Gasteiger partial charge is 0.145 e. The highest BCUT2D eigenvalue weighted by Crippen LogP contribution is 2.31. The molecule has 100 valence electrons. The summed E-state index contributed by atoms with van der Waals surface area (Å²) in [5.41, 5.74) is 1.01. The van der Waals surface area contributed by atoms with Gasteiger partial charge in [-0.2, -0.15) is 0 Å². The summed E-state index contributed by atoms with van der Waals surface area (Å²) in [6.45, 7) is 2.08. The Morgan fingerprint density at radius 3 is 2.63 bits per heavy atom. The highest BCUT2D eigenvalue weighted by atomic mass is 32.2. The minimum Gasteiger partial charge on any atom is -0.455 e. The second kappa shape index (κ2) is 6.59. The monoisotopic (exact) mass is 274 g/mol. The topological polar surface area (TPSA) is 34.1 Å². The van der Waals surface area contributed by atoms with Gasteiger partial charge in [0.25, 0.3) is 0 Å². The van der Waals surface area contributed by atoms with Crippen molar-refractivity contribution in [1.82, 2.24) is 10.3 Å². The van der Waals surface area contributed by atoms with Crippen LogP contribution in [-0.2, 0) is 0 Å². The van der Waals surface area contributed by atoms with Crippen molar-refractivity contribution >= 4 is 11.8 Å². The molecule has 4 heteroatoms. The van der Waals surface area contributed by atoms with Gasteiger partial charge >= 0.3 is 0 Å². The molecular formula is C15H18N2OS. The van der Waals surface area contributed by atoms with Crippen molar-refractivity contribution in [3.05, 3.63) is 48.3 Å². The maximum atomic E-state index is 5.87. The van der Waals surface area contributed by atoms with Gasteiger partial charge in [0, 0.05) is 10.9 Å². The number of rotatable bonds is 5. The van der Waals surface area contributed by atoms with Gasteiger partial charge in [0.2, 0.25) is 0 Å². The number of ether oxygens (including phenoxy) is 1. The summed E-state index contributed by atoms with van der Waals surface area (Å²) in [5, 5.41) is 3.16. The first-order valence-corrected chi connectivity index (χ1v) is 7.41. The molecular weight excluding hydrogens is 256 g/mol. The summed E-state index contributed by atoms with van der Waals surface area (Å²) in [6, 6.07) is 12.2. The molecule has 19 heavy (non-hydrogen) atoms. The van der Waals surface area contributed by atoms with Crippen molar-refractivity contribution in [2.45, 2.75) is 17.9 Å². The number of benzene rings is 1. The zero-order chi connectivity index (χ0) is 13.7. The van der Waals surface area contributed by atoms with Crippen molar-refractivity contribution in [1.29, 1.82) is 0 Å². The van der Waals surface area contributed by atoms with Gasteiger partial charge < -0.3 is 10.1 Å². The molecule has 0 aliphatic carbocycles. The zero-order valence-corrected chi connectivity index (χ0v) is 12.2. The Kier molecular flexibility index (Phi) is 4.82. The number of nitrogens with one attached hydrogen (secondary N) is 1. The molecule has 1 atom stereocenters. The normalized spacial score (nSPS) is 12.2. The molecule has 1 N–H and O–H groups in total. The fourth-order valence-corrected chi connectivity index (χ4v) is 2.21. The van der Waals surface area contributed by atoms with Crippen LogP contribution in [0.5, 0.6) is 11.5 Å². The van der Waals surface area contributed by atoms with E-state index in [2.05, 4.69) is 17.2 Å². The molecule has 1 unspecified atom stereocenters. The van der Waals surface area contributed by atoms with Crippen LogP contribution in [0, 0.1) is 0 Å². The summed E-state index contributed by atoms with van der Waals surface area (Å²) >= 11 is 1.67. The molecule has 3 nitrogen and oxygen atoms in total. The van der Waals surface area contributed by atoms with E-state index in [1.807, 2.05) is 49.7 Å². The van der Waals surface area contributed by atoms with Gasteiger partial charge in [-0.15, -0.1) is 11.8 Å². The molecule has 0 aliphatic rings. The second-order valence-corrected chi connectivity index (χ2v) is 5.03. The number of aromatic nitrogens is 1. The third-order valence-electron chi connectivity index (χ3n) is 2.93. The Morgan fingerprint density at radius 1 is 1.21 bits per heavy atom. The number of thioether (sulfide) groups is 1. The van der Waals surface area contributed by atoms with Gasteiger partial charge in [0.05, 0.1) is 11.9 Å². The van der Waals surface area contributed by atoms with Crippen LogP contribution < -0.4 is 10.1 Å². The van der Waals surface area contributed by atoms with Crippen molar-refractivity contribution in [2.75, 3.05) is 13.3 Å². The molecule has 2 rings (SSSR count). The Hall–Kier alpha value is -1.52. The molecule has 0 aliphatic heterocycles. The zero-order valence-electron chi connectivity index (χ0n) is 11.4. The SMILES string of the molecule is CNC(C)c1ccc(Oc2ccccc2SC)cn1. The van der Waals surface area contributed by atoms with Gasteiger partial charge in [0.15, 0.2) is 0 Å². The van der Waals surface area contributed by atoms with Crippen LogP contribution in [0.15, 0.2) is 47.5 Å². The Labute approximate surface area is 118 Å². The van der Waals surface area contributed by atoms with Crippen molar-refractivity contribution in [3.63, 3.8) is 0 Å². The fraction of sp³-hybridized carbons (Fsp3) is 0.267. The fourth-order valence-electron chi connectivity index (χ4n) is 1.69. The summed E-state index contributed by atoms with van der Waals surface area (Å²) in [6.07, 6.45) is 3.80. The van der Waals surface area contributed by atoms with E-state index in [4.69, 9.17) is 4.74 Å². The minimum absolute atomic E-state index is 0.243. The Morgan fingerprint density at radius 2 is 2.00 bits per heavy atom. The number of nitrogens with zero attached hydrogens (tertiary/aromatic N) is 1. The van der Waals surface area contributed by atoms with Gasteiger partial charge in [0.1, 0.15) is 11.5 Å². The van der Waals surface area contributed by atoms with Crippen molar-refractivity contribution in [3.8, 4) is 11.5 Å². The largest absolute Gasteiger partial charge is 0.455 e. The molecule has 1 aromatic carbocycles. The van der Waals surface area contributed by atoms with Crippen molar-refractivity contribution < 1.29 is 4.74 Å². The van der Waals surface area contributed by atoms with Crippen LogP contribution in [0.25, 0.3) is 0 Å². The summed E-state index contributed by atoms with van der Waals surface area (Å²) < 4.78 is 5.87. The van der Waals surface area contributed by atoms with E-state index >= 15 is 0 Å². The first-order valence-electron chi connectivity index (χ1n) is 6.18. The molecule has 1 aromatic heterocycles. The lowest BCUT2D eigenvalue weighted by Crippen LogP contribution is -2.13. The average molecular weight is 274 g/mol. The molecule has 0 radical (unpaired) electrons. The lowest BCUT2D eigenvalue weighted by atomic mass is 10.2. The number of hydrogen-bond donors (Lipinski definition) is 1. The van der Waals surface area contributed by atoms with E-state index in [1.54, 1.807) is 18.0 Å². The van der Waals surface area contributed by atoms with E-state index in [1.165, 1.54) is 0 Å². The highest BCUT2D eigenvalue weighted by molar-refractivity contribution is 7.98. The summed E-state index contributed by atoms with van der Waals surface area (Å²) in [4.78, 5) is 5.53. The number of para-hydroxylation sites is 1. The van der Waals surface area contributed by atoms with E-state index in [0.29, 0.717) is 0 Å². The molecule has 2 aromatic rings. The molecule has 0 spiro atoms. The third-order valence-corrected chi connectivity index (χ3v) is 3.71. The predicted molar refractivity (Wildman–Crippen MR) is 80.0 cm³/mol. The highest BCUT2D eigenvalue weighted by Gasteiger charge is 2.06. The van der Waals surface area contributed by atoms with E-state index < -0.39 is 0 Å². The van der Waals surface area contributed by atoms with E-state index in [9.17, 15) is 0 Å². The molecule has 0 saturated carbocycles. The van der Waals surface area contributed by atoms with E-state index in [0.717, 1.165) is 22.1 Å². The van der Waals surface area contributed by atoms with E-state index in [-0.39, 0.29) is 6.04 Å². The second-order valence-electron chi connectivity index (χ2n) is 4.18. The molecule has 0 bridgehead atoms. The van der Waals surface area contributed by atoms with Crippen LogP contribution >= 0.6 is 11.8 Å². The first kappa shape index (κ1) is 13.9. The minimum atomic E-state index is 0.243. The van der Waals surface area contributed by atoms with Crippen LogP contribution in [0.4, 0.5) is 0 Å². The third kappa shape index (κ3) is 3.49. The van der Waals surface area contributed by atoms with Gasteiger partial charge in [-0.05, 0) is 44.5 Å². The van der Waals surface area contributed by atoms with Crippen LogP contribution in [-0.4, -0.2) is 18.3 Å². The predicted octanol–water partition coefficient (Wildman–Crippen LogP) is 3.88. The number of hydrogen-bond acceptors (Lipinski definition) is 4.